The van der Waals surface area contributed by atoms with Gasteiger partial charge in [-0.15, -0.1) is 0 Å². The Morgan fingerprint density at radius 1 is 0.958 bits per heavy atom. The van der Waals surface area contributed by atoms with Gasteiger partial charge in [0.15, 0.2) is 0 Å². The predicted octanol–water partition coefficient (Wildman–Crippen LogP) is 4.28. The molecule has 1 aliphatic heterocycles. The van der Waals surface area contributed by atoms with E-state index >= 15 is 0 Å². The molecule has 1 atom stereocenters. The molecule has 1 N–H and O–H groups in total. The van der Waals surface area contributed by atoms with Crippen LogP contribution >= 0.6 is 0 Å². The lowest BCUT2D eigenvalue weighted by molar-refractivity contribution is 0.397. The van der Waals surface area contributed by atoms with E-state index < -0.39 is 0 Å². The summed E-state index contributed by atoms with van der Waals surface area (Å²) in [5.41, 5.74) is 5.12. The van der Waals surface area contributed by atoms with Crippen molar-refractivity contribution >= 4 is 0 Å². The fourth-order valence-electron chi connectivity index (χ4n) is 3.58. The highest BCUT2D eigenvalue weighted by molar-refractivity contribution is 5.38. The summed E-state index contributed by atoms with van der Waals surface area (Å²) in [6, 6.07) is 21.5. The Morgan fingerprint density at radius 2 is 1.71 bits per heavy atom. The number of hydrogen-bond donors (Lipinski definition) is 1. The van der Waals surface area contributed by atoms with Gasteiger partial charge in [0.05, 0.1) is 17.6 Å². The first-order chi connectivity index (χ1) is 11.9. The van der Waals surface area contributed by atoms with Gasteiger partial charge in [-0.2, -0.15) is 5.10 Å². The van der Waals surface area contributed by atoms with Crippen LogP contribution in [0, 0.1) is 0 Å². The minimum Gasteiger partial charge on any atom is -0.309 e. The van der Waals surface area contributed by atoms with Crippen LogP contribution in [0.2, 0.25) is 0 Å². The summed E-state index contributed by atoms with van der Waals surface area (Å²) >= 11 is 0. The zero-order valence-electron chi connectivity index (χ0n) is 13.9. The maximum absolute atomic E-state index is 4.73. The lowest BCUT2D eigenvalue weighted by Crippen LogP contribution is -2.29. The first-order valence-corrected chi connectivity index (χ1v) is 8.81. The third-order valence-corrected chi connectivity index (χ3v) is 4.76. The van der Waals surface area contributed by atoms with Gasteiger partial charge in [-0.3, -0.25) is 0 Å². The van der Waals surface area contributed by atoms with E-state index in [1.807, 2.05) is 6.20 Å². The van der Waals surface area contributed by atoms with Crippen LogP contribution in [0.3, 0.4) is 0 Å². The molecular formula is C21H23N3. The molecule has 3 nitrogen and oxygen atoms in total. The number of benzene rings is 2. The summed E-state index contributed by atoms with van der Waals surface area (Å²) in [5.74, 6) is 0. The third-order valence-electron chi connectivity index (χ3n) is 4.76. The average Bonchev–Trinajstić information content (AvgIpc) is 3.07. The smallest absolute Gasteiger partial charge is 0.0649 e. The Morgan fingerprint density at radius 3 is 2.42 bits per heavy atom. The van der Waals surface area contributed by atoms with Crippen molar-refractivity contribution in [2.45, 2.75) is 31.7 Å². The van der Waals surface area contributed by atoms with Crippen molar-refractivity contribution in [1.82, 2.24) is 15.1 Å². The van der Waals surface area contributed by atoms with Crippen LogP contribution < -0.4 is 5.32 Å². The van der Waals surface area contributed by atoms with Crippen LogP contribution in [0.15, 0.2) is 66.9 Å². The predicted molar refractivity (Wildman–Crippen MR) is 97.4 cm³/mol. The second-order valence-corrected chi connectivity index (χ2v) is 6.47. The van der Waals surface area contributed by atoms with Gasteiger partial charge in [-0.25, -0.2) is 4.68 Å². The van der Waals surface area contributed by atoms with Crippen molar-refractivity contribution in [1.29, 1.82) is 0 Å². The number of nitrogens with one attached hydrogen (secondary N) is 1. The maximum Gasteiger partial charge on any atom is 0.0649 e. The first-order valence-electron chi connectivity index (χ1n) is 8.81. The van der Waals surface area contributed by atoms with Gasteiger partial charge in [0.2, 0.25) is 0 Å². The Labute approximate surface area is 143 Å². The largest absolute Gasteiger partial charge is 0.309 e. The van der Waals surface area contributed by atoms with Gasteiger partial charge in [0, 0.05) is 12.5 Å². The topological polar surface area (TPSA) is 29.9 Å². The van der Waals surface area contributed by atoms with Crippen LogP contribution in [0.5, 0.6) is 0 Å². The zero-order valence-corrected chi connectivity index (χ0v) is 13.9. The van der Waals surface area contributed by atoms with Gasteiger partial charge in [0.1, 0.15) is 0 Å². The molecule has 122 valence electrons. The molecule has 0 amide bonds. The molecule has 3 aromatic rings. The molecule has 1 aliphatic rings. The van der Waals surface area contributed by atoms with Gasteiger partial charge in [-0.05, 0) is 42.6 Å². The van der Waals surface area contributed by atoms with Crippen molar-refractivity contribution in [3.8, 4) is 5.69 Å². The Hall–Kier alpha value is -2.39. The van der Waals surface area contributed by atoms with Crippen molar-refractivity contribution in [3.05, 3.63) is 83.7 Å². The van der Waals surface area contributed by atoms with Gasteiger partial charge in [0.25, 0.3) is 0 Å². The normalized spacial score (nSPS) is 17.8. The Bertz CT molecular complexity index is 771. The highest BCUT2D eigenvalue weighted by atomic mass is 15.3. The number of piperidine rings is 1. The molecule has 0 radical (unpaired) electrons. The first kappa shape index (κ1) is 15.2. The summed E-state index contributed by atoms with van der Waals surface area (Å²) < 4.78 is 2.13. The standard InChI is InChI=1S/C21H23N3/c1-3-9-17(10-4-1)15-18-16-23-24(19-11-5-2-6-12-19)21(18)20-13-7-8-14-22-20/h1-6,9-12,16,20,22H,7-8,13-15H2. The fraction of sp³-hybridized carbons (Fsp3) is 0.286. The van der Waals surface area contributed by atoms with Gasteiger partial charge in [-0.1, -0.05) is 55.0 Å². The zero-order chi connectivity index (χ0) is 16.2. The van der Waals surface area contributed by atoms with E-state index in [0.29, 0.717) is 6.04 Å². The molecule has 1 aromatic heterocycles. The van der Waals surface area contributed by atoms with E-state index in [1.165, 1.54) is 36.1 Å². The van der Waals surface area contributed by atoms with Crippen LogP contribution in [-0.4, -0.2) is 16.3 Å². The quantitative estimate of drug-likeness (QED) is 0.778. The van der Waals surface area contributed by atoms with Crippen molar-refractivity contribution < 1.29 is 0 Å². The number of para-hydroxylation sites is 1. The molecule has 24 heavy (non-hydrogen) atoms. The van der Waals surface area contributed by atoms with E-state index in [0.717, 1.165) is 18.7 Å². The van der Waals surface area contributed by atoms with Crippen molar-refractivity contribution in [3.63, 3.8) is 0 Å². The lowest BCUT2D eigenvalue weighted by atomic mass is 9.96. The second-order valence-electron chi connectivity index (χ2n) is 6.47. The van der Waals surface area contributed by atoms with Crippen LogP contribution in [0.25, 0.3) is 5.69 Å². The third kappa shape index (κ3) is 3.13. The average molecular weight is 317 g/mol. The molecule has 1 saturated heterocycles. The summed E-state index contributed by atoms with van der Waals surface area (Å²) in [4.78, 5) is 0. The molecule has 0 aliphatic carbocycles. The minimum absolute atomic E-state index is 0.389. The molecule has 3 heteroatoms. The molecule has 0 bridgehead atoms. The molecule has 2 aromatic carbocycles. The number of nitrogens with zero attached hydrogens (tertiary/aromatic N) is 2. The molecule has 1 fully saturated rings. The summed E-state index contributed by atoms with van der Waals surface area (Å²) in [6.45, 7) is 1.09. The number of hydrogen-bond acceptors (Lipinski definition) is 2. The minimum atomic E-state index is 0.389. The molecule has 2 heterocycles. The Kier molecular flexibility index (Phi) is 4.43. The molecule has 0 spiro atoms. The number of rotatable bonds is 4. The van der Waals surface area contributed by atoms with Gasteiger partial charge >= 0.3 is 0 Å². The van der Waals surface area contributed by atoms with E-state index in [1.54, 1.807) is 0 Å². The van der Waals surface area contributed by atoms with Crippen LogP contribution in [0.4, 0.5) is 0 Å². The maximum atomic E-state index is 4.73. The van der Waals surface area contributed by atoms with E-state index in [-0.39, 0.29) is 0 Å². The van der Waals surface area contributed by atoms with Crippen molar-refractivity contribution in [2.75, 3.05) is 6.54 Å². The van der Waals surface area contributed by atoms with E-state index in [4.69, 9.17) is 5.10 Å². The Balaban J connectivity index is 1.74. The molecule has 1 unspecified atom stereocenters. The second kappa shape index (κ2) is 7.02. The van der Waals surface area contributed by atoms with E-state index in [2.05, 4.69) is 70.7 Å². The van der Waals surface area contributed by atoms with Gasteiger partial charge < -0.3 is 5.32 Å². The molecular weight excluding hydrogens is 294 g/mol. The highest BCUT2D eigenvalue weighted by Crippen LogP contribution is 2.29. The molecule has 4 rings (SSSR count). The summed E-state index contributed by atoms with van der Waals surface area (Å²) in [5, 5.41) is 8.43. The highest BCUT2D eigenvalue weighted by Gasteiger charge is 2.23. The van der Waals surface area contributed by atoms with Crippen LogP contribution in [-0.2, 0) is 6.42 Å². The summed E-state index contributed by atoms with van der Waals surface area (Å²) in [7, 11) is 0. The van der Waals surface area contributed by atoms with Crippen LogP contribution in [0.1, 0.15) is 42.1 Å². The summed E-state index contributed by atoms with van der Waals surface area (Å²) in [6.07, 6.45) is 6.71. The molecule has 0 saturated carbocycles. The SMILES string of the molecule is c1ccc(Cc2cnn(-c3ccccc3)c2C2CCCCN2)cc1. The fourth-order valence-corrected chi connectivity index (χ4v) is 3.58. The van der Waals surface area contributed by atoms with Crippen molar-refractivity contribution in [2.24, 2.45) is 0 Å². The monoisotopic (exact) mass is 317 g/mol. The lowest BCUT2D eigenvalue weighted by Gasteiger charge is -2.25. The number of aromatic nitrogens is 2. The van der Waals surface area contributed by atoms with E-state index in [9.17, 15) is 0 Å².